The van der Waals surface area contributed by atoms with Crippen molar-refractivity contribution >= 4 is 28.6 Å². The molecule has 0 radical (unpaired) electrons. The van der Waals surface area contributed by atoms with E-state index in [9.17, 15) is 0 Å². The molecule has 3 heteroatoms. The van der Waals surface area contributed by atoms with E-state index in [2.05, 4.69) is 17.0 Å². The van der Waals surface area contributed by atoms with E-state index in [1.54, 1.807) is 0 Å². The van der Waals surface area contributed by atoms with Crippen LogP contribution in [-0.4, -0.2) is 0 Å². The van der Waals surface area contributed by atoms with E-state index in [-0.39, 0.29) is 19.6 Å². The highest BCUT2D eigenvalue weighted by molar-refractivity contribution is 14.2. The van der Waals surface area contributed by atoms with Crippen LogP contribution in [-0.2, 0) is 0 Å². The van der Waals surface area contributed by atoms with Gasteiger partial charge in [-0.3, -0.25) is 0 Å². The molecule has 0 saturated carbocycles. The van der Waals surface area contributed by atoms with Gasteiger partial charge in [-0.1, -0.05) is 0 Å². The molecule has 0 aliphatic carbocycles. The zero-order chi connectivity index (χ0) is 5.28. The first-order valence-electron chi connectivity index (χ1n) is 2.00. The number of hydrogen-bond acceptors (Lipinski definition) is 2. The highest BCUT2D eigenvalue weighted by atomic mass is 127. The van der Waals surface area contributed by atoms with Crippen LogP contribution in [0.3, 0.4) is 0 Å². The van der Waals surface area contributed by atoms with E-state index in [0.717, 1.165) is 0 Å². The van der Waals surface area contributed by atoms with Gasteiger partial charge in [0.2, 0.25) is 0 Å². The number of hydrogen-bond donors (Lipinski definition) is 0. The van der Waals surface area contributed by atoms with Crippen molar-refractivity contribution in [1.82, 2.24) is 0 Å². The van der Waals surface area contributed by atoms with Gasteiger partial charge in [0.05, 0.1) is 25.3 Å². The fourth-order valence-electron chi connectivity index (χ4n) is 0.236. The van der Waals surface area contributed by atoms with E-state index in [0.29, 0.717) is 0 Å². The molecular formula is C4H6INS. The topological polar surface area (TPSA) is 12.4 Å². The van der Waals surface area contributed by atoms with Crippen molar-refractivity contribution < 1.29 is 0 Å². The van der Waals surface area contributed by atoms with Crippen molar-refractivity contribution in [2.75, 3.05) is 0 Å². The monoisotopic (exact) mass is 227 g/mol. The van der Waals surface area contributed by atoms with Gasteiger partial charge < -0.3 is 0 Å². The largest absolute Gasteiger partial charge is 0.219 e. The summed E-state index contributed by atoms with van der Waals surface area (Å²) in [4.78, 5) is 1.42. The Hall–Kier alpha value is 0.620. The van der Waals surface area contributed by atoms with Crippen molar-refractivity contribution in [2.24, 2.45) is 3.15 Å². The standard InChI is InChI=1S/C4H6INS/c1-3-4(2)7-5-6-3/h1-2H3. The van der Waals surface area contributed by atoms with Gasteiger partial charge in [-0.15, -0.1) is 0 Å². The molecule has 0 amide bonds. The lowest BCUT2D eigenvalue weighted by Gasteiger charge is -1.83. The van der Waals surface area contributed by atoms with E-state index in [1.807, 2.05) is 8.93 Å². The van der Waals surface area contributed by atoms with E-state index in [4.69, 9.17) is 0 Å². The van der Waals surface area contributed by atoms with Crippen molar-refractivity contribution in [3.05, 3.63) is 10.6 Å². The van der Waals surface area contributed by atoms with Crippen molar-refractivity contribution in [3.63, 3.8) is 0 Å². The maximum absolute atomic E-state index is 4.27. The molecule has 1 nitrogen and oxygen atoms in total. The van der Waals surface area contributed by atoms with Crippen LogP contribution >= 0.6 is 28.6 Å². The molecule has 0 aromatic carbocycles. The SMILES string of the molecule is CC1=C(C)SI=N1. The quantitative estimate of drug-likeness (QED) is 0.579. The smallest absolute Gasteiger partial charge is 0.0708 e. The minimum atomic E-state index is 0.129. The lowest BCUT2D eigenvalue weighted by atomic mass is 10.5. The third-order valence-corrected chi connectivity index (χ3v) is 5.37. The molecule has 0 unspecified atom stereocenters. The zero-order valence-corrected chi connectivity index (χ0v) is 7.21. The van der Waals surface area contributed by atoms with Crippen LogP contribution in [0.15, 0.2) is 13.7 Å². The Morgan fingerprint density at radius 3 is 2.43 bits per heavy atom. The van der Waals surface area contributed by atoms with Gasteiger partial charge in [0.25, 0.3) is 0 Å². The van der Waals surface area contributed by atoms with Crippen LogP contribution < -0.4 is 0 Å². The molecule has 1 heterocycles. The van der Waals surface area contributed by atoms with Gasteiger partial charge in [0, 0.05) is 4.91 Å². The Bertz CT molecular complexity index is 139. The van der Waals surface area contributed by atoms with Gasteiger partial charge in [-0.2, -0.15) is 0 Å². The molecule has 40 valence electrons. The van der Waals surface area contributed by atoms with Crippen LogP contribution in [0.4, 0.5) is 0 Å². The van der Waals surface area contributed by atoms with E-state index < -0.39 is 0 Å². The Morgan fingerprint density at radius 1 is 1.57 bits per heavy atom. The normalized spacial score (nSPS) is 20.3. The molecule has 0 atom stereocenters. The molecule has 1 rings (SSSR count). The van der Waals surface area contributed by atoms with Gasteiger partial charge in [-0.05, 0) is 22.8 Å². The molecule has 0 saturated heterocycles. The molecule has 0 N–H and O–H groups in total. The second kappa shape index (κ2) is 2.26. The van der Waals surface area contributed by atoms with Crippen LogP contribution in [0, 0.1) is 0 Å². The van der Waals surface area contributed by atoms with Crippen LogP contribution in [0.5, 0.6) is 0 Å². The first-order valence-corrected chi connectivity index (χ1v) is 6.33. The first kappa shape index (κ1) is 5.75. The van der Waals surface area contributed by atoms with Crippen LogP contribution in [0.1, 0.15) is 13.8 Å². The van der Waals surface area contributed by atoms with Crippen LogP contribution in [0.2, 0.25) is 0 Å². The fourth-order valence-corrected chi connectivity index (χ4v) is 4.18. The Labute approximate surface area is 56.2 Å². The summed E-state index contributed by atoms with van der Waals surface area (Å²) in [5.41, 5.74) is 1.26. The summed E-state index contributed by atoms with van der Waals surface area (Å²) in [7, 11) is 1.93. The predicted molar refractivity (Wildman–Crippen MR) is 42.4 cm³/mol. The minimum Gasteiger partial charge on any atom is -0.219 e. The highest BCUT2D eigenvalue weighted by Crippen LogP contribution is 2.40. The predicted octanol–water partition coefficient (Wildman–Crippen LogP) is 3.05. The molecule has 0 aromatic heterocycles. The second-order valence-electron chi connectivity index (χ2n) is 1.37. The molecular weight excluding hydrogens is 221 g/mol. The average Bonchev–Trinajstić information content (AvgIpc) is 1.91. The summed E-state index contributed by atoms with van der Waals surface area (Å²) in [6, 6.07) is 0. The molecule has 0 aromatic rings. The number of halogens is 1. The molecule has 0 spiro atoms. The Morgan fingerprint density at radius 2 is 2.29 bits per heavy atom. The number of nitrogens with zero attached hydrogens (tertiary/aromatic N) is 1. The minimum absolute atomic E-state index is 0.129. The fraction of sp³-hybridized carbons (Fsp3) is 0.500. The van der Waals surface area contributed by atoms with Crippen molar-refractivity contribution in [2.45, 2.75) is 13.8 Å². The van der Waals surface area contributed by atoms with Crippen LogP contribution in [0.25, 0.3) is 0 Å². The lowest BCUT2D eigenvalue weighted by molar-refractivity contribution is 1.32. The lowest BCUT2D eigenvalue weighted by Crippen LogP contribution is -1.62. The summed E-state index contributed by atoms with van der Waals surface area (Å²) in [5.74, 6) is 0. The van der Waals surface area contributed by atoms with Gasteiger partial charge in [-0.25, -0.2) is 3.15 Å². The Kier molecular flexibility index (Phi) is 1.86. The average molecular weight is 227 g/mol. The summed E-state index contributed by atoms with van der Waals surface area (Å²) >= 11 is 0.129. The van der Waals surface area contributed by atoms with Gasteiger partial charge >= 0.3 is 0 Å². The maximum atomic E-state index is 4.27. The number of allylic oxidation sites excluding steroid dienone is 2. The summed E-state index contributed by atoms with van der Waals surface area (Å²) in [5, 5.41) is 0. The molecule has 1 aliphatic heterocycles. The number of rotatable bonds is 0. The van der Waals surface area contributed by atoms with E-state index >= 15 is 0 Å². The third kappa shape index (κ3) is 1.25. The molecule has 0 fully saturated rings. The van der Waals surface area contributed by atoms with Gasteiger partial charge in [0.15, 0.2) is 0 Å². The first-order chi connectivity index (χ1) is 3.30. The van der Waals surface area contributed by atoms with Gasteiger partial charge in [0.1, 0.15) is 0 Å². The molecule has 7 heavy (non-hydrogen) atoms. The summed E-state index contributed by atoms with van der Waals surface area (Å²) in [6.45, 7) is 4.21. The molecule has 0 bridgehead atoms. The summed E-state index contributed by atoms with van der Waals surface area (Å²) < 4.78 is 4.27. The summed E-state index contributed by atoms with van der Waals surface area (Å²) in [6.07, 6.45) is 0. The van der Waals surface area contributed by atoms with Crippen molar-refractivity contribution in [1.29, 1.82) is 0 Å². The highest BCUT2D eigenvalue weighted by Gasteiger charge is 1.99. The Balaban J connectivity index is 2.79. The zero-order valence-electron chi connectivity index (χ0n) is 4.23. The molecule has 1 aliphatic rings. The van der Waals surface area contributed by atoms with E-state index in [1.165, 1.54) is 10.6 Å². The third-order valence-electron chi connectivity index (χ3n) is 0.821. The van der Waals surface area contributed by atoms with Crippen molar-refractivity contribution in [3.8, 4) is 0 Å². The second-order valence-corrected chi connectivity index (χ2v) is 5.26. The maximum Gasteiger partial charge on any atom is 0.0708 e.